The fraction of sp³-hybridized carbons (Fsp3) is 0.357. The van der Waals surface area contributed by atoms with E-state index < -0.39 is 0 Å². The van der Waals surface area contributed by atoms with Crippen LogP contribution in [0.15, 0.2) is 36.4 Å². The van der Waals surface area contributed by atoms with E-state index in [2.05, 4.69) is 0 Å². The van der Waals surface area contributed by atoms with E-state index in [1.807, 2.05) is 42.5 Å². The number of ether oxygens (including phenoxy) is 3. The van der Waals surface area contributed by atoms with Crippen molar-refractivity contribution in [3.63, 3.8) is 0 Å². The maximum absolute atomic E-state index is 10.7. The molecule has 2 rings (SSSR count). The minimum absolute atomic E-state index is 0.181. The summed E-state index contributed by atoms with van der Waals surface area (Å²) in [6.45, 7) is 2.06. The van der Waals surface area contributed by atoms with Crippen LogP contribution in [0, 0.1) is 0 Å². The smallest absolute Gasteiger partial charge is 0.302 e. The molecule has 1 aliphatic heterocycles. The molecule has 1 aromatic carbocycles. The highest BCUT2D eigenvalue weighted by atomic mass is 16.7. The van der Waals surface area contributed by atoms with Gasteiger partial charge in [0.1, 0.15) is 12.7 Å². The van der Waals surface area contributed by atoms with Gasteiger partial charge < -0.3 is 14.2 Å². The third-order valence-electron chi connectivity index (χ3n) is 2.49. The lowest BCUT2D eigenvalue weighted by molar-refractivity contribution is -0.144. The third-order valence-corrected chi connectivity index (χ3v) is 2.49. The lowest BCUT2D eigenvalue weighted by Gasteiger charge is -2.08. The van der Waals surface area contributed by atoms with E-state index in [0.717, 1.165) is 5.56 Å². The second-order valence-corrected chi connectivity index (χ2v) is 4.03. The zero-order valence-corrected chi connectivity index (χ0v) is 10.2. The second-order valence-electron chi connectivity index (χ2n) is 4.03. The van der Waals surface area contributed by atoms with Crippen LogP contribution in [0.2, 0.25) is 0 Å². The summed E-state index contributed by atoms with van der Waals surface area (Å²) in [6, 6.07) is 9.91. The van der Waals surface area contributed by atoms with Crippen LogP contribution in [0.3, 0.4) is 0 Å². The van der Waals surface area contributed by atoms with Gasteiger partial charge in [0.25, 0.3) is 0 Å². The monoisotopic (exact) mass is 248 g/mol. The highest BCUT2D eigenvalue weighted by molar-refractivity contribution is 5.65. The molecule has 96 valence electrons. The zero-order valence-electron chi connectivity index (χ0n) is 10.2. The van der Waals surface area contributed by atoms with Crippen LogP contribution < -0.4 is 0 Å². The summed E-state index contributed by atoms with van der Waals surface area (Å²) >= 11 is 0. The Bertz CT molecular complexity index is 413. The predicted molar refractivity (Wildman–Crippen MR) is 66.7 cm³/mol. The minimum atomic E-state index is -0.370. The summed E-state index contributed by atoms with van der Waals surface area (Å²) in [4.78, 5) is 10.7. The van der Waals surface area contributed by atoms with Gasteiger partial charge in [-0.3, -0.25) is 4.79 Å². The number of rotatable bonds is 4. The van der Waals surface area contributed by atoms with Crippen LogP contribution in [-0.2, 0) is 19.0 Å². The quantitative estimate of drug-likeness (QED) is 0.764. The van der Waals surface area contributed by atoms with Crippen molar-refractivity contribution in [2.24, 2.45) is 0 Å². The van der Waals surface area contributed by atoms with Gasteiger partial charge in [-0.25, -0.2) is 0 Å². The van der Waals surface area contributed by atoms with E-state index in [1.54, 1.807) is 0 Å². The molecule has 0 spiro atoms. The zero-order chi connectivity index (χ0) is 12.8. The molecule has 2 atom stereocenters. The molecule has 4 nitrogen and oxygen atoms in total. The van der Waals surface area contributed by atoms with Gasteiger partial charge in [-0.05, 0) is 11.6 Å². The Morgan fingerprint density at radius 2 is 2.22 bits per heavy atom. The fourth-order valence-corrected chi connectivity index (χ4v) is 1.62. The fourth-order valence-electron chi connectivity index (χ4n) is 1.62. The van der Waals surface area contributed by atoms with Crippen molar-refractivity contribution < 1.29 is 19.0 Å². The average molecular weight is 248 g/mol. The number of carbonyl (C=O) groups is 1. The van der Waals surface area contributed by atoms with Crippen LogP contribution in [0.4, 0.5) is 0 Å². The standard InChI is InChI=1S/C14H16O4/c1-11(15)16-9-13-10-17-14(18-13)8-7-12-5-3-2-4-6-12/h2-8,13-14H,9-10H2,1H3/b8-7+/t13-,14+/m1/s1. The lowest BCUT2D eigenvalue weighted by atomic mass is 10.2. The van der Waals surface area contributed by atoms with Crippen molar-refractivity contribution in [1.29, 1.82) is 0 Å². The van der Waals surface area contributed by atoms with Crippen molar-refractivity contribution in [2.45, 2.75) is 19.3 Å². The normalized spacial score (nSPS) is 23.4. The van der Waals surface area contributed by atoms with E-state index in [0.29, 0.717) is 6.61 Å². The van der Waals surface area contributed by atoms with Gasteiger partial charge in [0.2, 0.25) is 0 Å². The maximum atomic E-state index is 10.7. The molecular formula is C14H16O4. The lowest BCUT2D eigenvalue weighted by Crippen LogP contribution is -2.20. The van der Waals surface area contributed by atoms with E-state index in [9.17, 15) is 4.79 Å². The molecule has 0 radical (unpaired) electrons. The van der Waals surface area contributed by atoms with E-state index >= 15 is 0 Å². The highest BCUT2D eigenvalue weighted by Crippen LogP contribution is 2.14. The van der Waals surface area contributed by atoms with E-state index in [1.165, 1.54) is 6.92 Å². The van der Waals surface area contributed by atoms with Crippen LogP contribution >= 0.6 is 0 Å². The Labute approximate surface area is 106 Å². The third kappa shape index (κ3) is 3.98. The first-order valence-corrected chi connectivity index (χ1v) is 5.88. The maximum Gasteiger partial charge on any atom is 0.302 e. The Morgan fingerprint density at radius 3 is 2.94 bits per heavy atom. The SMILES string of the molecule is CC(=O)OC[C@@H]1CO[C@H](/C=C/c2ccccc2)O1. The highest BCUT2D eigenvalue weighted by Gasteiger charge is 2.24. The molecule has 0 aromatic heterocycles. The Hall–Kier alpha value is -1.65. The summed E-state index contributed by atoms with van der Waals surface area (Å²) in [5.74, 6) is -0.304. The summed E-state index contributed by atoms with van der Waals surface area (Å²) in [6.07, 6.45) is 3.24. The summed E-state index contributed by atoms with van der Waals surface area (Å²) in [5, 5.41) is 0. The van der Waals surface area contributed by atoms with Crippen molar-refractivity contribution >= 4 is 12.0 Å². The van der Waals surface area contributed by atoms with Crippen LogP contribution in [0.5, 0.6) is 0 Å². The van der Waals surface area contributed by atoms with Crippen molar-refractivity contribution in [2.75, 3.05) is 13.2 Å². The van der Waals surface area contributed by atoms with Crippen LogP contribution in [-0.4, -0.2) is 31.6 Å². The number of benzene rings is 1. The van der Waals surface area contributed by atoms with Gasteiger partial charge in [-0.2, -0.15) is 0 Å². The van der Waals surface area contributed by atoms with Crippen molar-refractivity contribution in [3.8, 4) is 0 Å². The molecule has 0 bridgehead atoms. The summed E-state index contributed by atoms with van der Waals surface area (Å²) in [5.41, 5.74) is 1.09. The van der Waals surface area contributed by atoms with Gasteiger partial charge in [0.05, 0.1) is 6.61 Å². The number of esters is 1. The van der Waals surface area contributed by atoms with Gasteiger partial charge in [0.15, 0.2) is 6.29 Å². The molecule has 0 N–H and O–H groups in total. The number of carbonyl (C=O) groups excluding carboxylic acids is 1. The first kappa shape index (κ1) is 12.8. The molecule has 18 heavy (non-hydrogen) atoms. The molecule has 1 aromatic rings. The second kappa shape index (κ2) is 6.33. The molecule has 0 saturated carbocycles. The molecule has 0 unspecified atom stereocenters. The Morgan fingerprint density at radius 1 is 1.44 bits per heavy atom. The number of hydrogen-bond donors (Lipinski definition) is 0. The summed E-state index contributed by atoms with van der Waals surface area (Å²) < 4.78 is 15.8. The largest absolute Gasteiger partial charge is 0.463 e. The van der Waals surface area contributed by atoms with Gasteiger partial charge in [-0.15, -0.1) is 0 Å². The average Bonchev–Trinajstić information content (AvgIpc) is 2.83. The molecule has 0 aliphatic carbocycles. The molecule has 1 heterocycles. The molecule has 4 heteroatoms. The number of hydrogen-bond acceptors (Lipinski definition) is 4. The molecule has 0 amide bonds. The topological polar surface area (TPSA) is 44.8 Å². The molecule has 1 saturated heterocycles. The predicted octanol–water partition coefficient (Wildman–Crippen LogP) is 2.00. The first-order chi connectivity index (χ1) is 8.74. The van der Waals surface area contributed by atoms with Gasteiger partial charge in [-0.1, -0.05) is 36.4 Å². The van der Waals surface area contributed by atoms with E-state index in [4.69, 9.17) is 14.2 Å². The summed E-state index contributed by atoms with van der Waals surface area (Å²) in [7, 11) is 0. The van der Waals surface area contributed by atoms with Crippen molar-refractivity contribution in [3.05, 3.63) is 42.0 Å². The minimum Gasteiger partial charge on any atom is -0.463 e. The van der Waals surface area contributed by atoms with Crippen LogP contribution in [0.25, 0.3) is 6.08 Å². The van der Waals surface area contributed by atoms with E-state index in [-0.39, 0.29) is 25.0 Å². The Balaban J connectivity index is 1.79. The van der Waals surface area contributed by atoms with Crippen LogP contribution in [0.1, 0.15) is 12.5 Å². The molecule has 1 fully saturated rings. The molecular weight excluding hydrogens is 232 g/mol. The van der Waals surface area contributed by atoms with Crippen molar-refractivity contribution in [1.82, 2.24) is 0 Å². The van der Waals surface area contributed by atoms with Gasteiger partial charge >= 0.3 is 5.97 Å². The Kier molecular flexibility index (Phi) is 4.50. The molecule has 1 aliphatic rings. The van der Waals surface area contributed by atoms with Gasteiger partial charge in [0, 0.05) is 6.92 Å². The first-order valence-electron chi connectivity index (χ1n) is 5.88.